The highest BCUT2D eigenvalue weighted by Gasteiger charge is 2.18. The number of guanidine groups is 1. The van der Waals surface area contributed by atoms with Crippen molar-refractivity contribution < 1.29 is 4.79 Å². The van der Waals surface area contributed by atoms with Gasteiger partial charge in [0.2, 0.25) is 0 Å². The fourth-order valence-corrected chi connectivity index (χ4v) is 1.39. The second-order valence-corrected chi connectivity index (χ2v) is 3.43. The van der Waals surface area contributed by atoms with Gasteiger partial charge in [0.05, 0.1) is 0 Å². The van der Waals surface area contributed by atoms with Crippen LogP contribution in [0, 0.1) is 6.92 Å². The fraction of sp³-hybridized carbons (Fsp3) is 0.200. The lowest BCUT2D eigenvalue weighted by Crippen LogP contribution is -2.49. The summed E-state index contributed by atoms with van der Waals surface area (Å²) in [4.78, 5) is 15.2. The molecular weight excluding hydrogens is 192 g/mol. The van der Waals surface area contributed by atoms with E-state index >= 15 is 0 Å². The number of nitrogens with one attached hydrogen (secondary N) is 2. The molecule has 1 aliphatic heterocycles. The highest BCUT2D eigenvalue weighted by molar-refractivity contribution is 5.97. The number of nitrogens with zero attached hydrogens (tertiary/aromatic N) is 1. The van der Waals surface area contributed by atoms with Crippen LogP contribution < -0.4 is 16.4 Å². The molecule has 0 radical (unpaired) electrons. The monoisotopic (exact) mass is 204 g/mol. The van der Waals surface area contributed by atoms with Crippen LogP contribution in [0.25, 0.3) is 0 Å². The molecule has 78 valence electrons. The third-order valence-corrected chi connectivity index (χ3v) is 2.17. The molecule has 5 nitrogen and oxygen atoms in total. The molecule has 0 saturated carbocycles. The van der Waals surface area contributed by atoms with Crippen molar-refractivity contribution in [2.75, 3.05) is 0 Å². The number of benzene rings is 1. The van der Waals surface area contributed by atoms with Gasteiger partial charge in [-0.25, -0.2) is 9.79 Å². The van der Waals surface area contributed by atoms with E-state index in [1.807, 2.05) is 31.2 Å². The Labute approximate surface area is 87.4 Å². The number of carbonyl (C=O) groups excluding carboxylic acids is 1. The van der Waals surface area contributed by atoms with Crippen LogP contribution in [-0.2, 0) is 0 Å². The number of nitrogens with two attached hydrogens (primary N) is 1. The molecule has 0 fully saturated rings. The molecule has 0 saturated heterocycles. The largest absolute Gasteiger partial charge is 0.370 e. The number of hydrogen-bond acceptors (Lipinski definition) is 3. The van der Waals surface area contributed by atoms with Crippen LogP contribution in [0.3, 0.4) is 0 Å². The molecule has 1 heterocycles. The van der Waals surface area contributed by atoms with Crippen molar-refractivity contribution in [3.8, 4) is 0 Å². The van der Waals surface area contributed by atoms with Crippen LogP contribution in [0.15, 0.2) is 29.3 Å². The van der Waals surface area contributed by atoms with Crippen LogP contribution in [0.1, 0.15) is 17.3 Å². The predicted octanol–water partition coefficient (Wildman–Crippen LogP) is 0.621. The zero-order valence-corrected chi connectivity index (χ0v) is 8.32. The molecule has 0 aromatic heterocycles. The van der Waals surface area contributed by atoms with E-state index in [4.69, 9.17) is 5.73 Å². The van der Waals surface area contributed by atoms with Crippen molar-refractivity contribution in [3.05, 3.63) is 35.4 Å². The molecule has 2 amide bonds. The number of amides is 2. The molecule has 1 atom stereocenters. The van der Waals surface area contributed by atoms with Crippen molar-refractivity contribution in [1.29, 1.82) is 0 Å². The normalized spacial score (nSPS) is 20.2. The first-order valence-corrected chi connectivity index (χ1v) is 4.62. The molecule has 1 aromatic rings. The summed E-state index contributed by atoms with van der Waals surface area (Å²) in [5, 5.41) is 5.03. The Hall–Kier alpha value is -2.04. The maximum absolute atomic E-state index is 11.1. The summed E-state index contributed by atoms with van der Waals surface area (Å²) in [6.07, 6.45) is -0.389. The molecule has 2 rings (SSSR count). The van der Waals surface area contributed by atoms with E-state index in [-0.39, 0.29) is 18.2 Å². The molecule has 0 aliphatic carbocycles. The van der Waals surface area contributed by atoms with Crippen molar-refractivity contribution >= 4 is 12.0 Å². The Morgan fingerprint density at radius 1 is 1.33 bits per heavy atom. The maximum atomic E-state index is 11.1. The average Bonchev–Trinajstić information content (AvgIpc) is 2.17. The van der Waals surface area contributed by atoms with Gasteiger partial charge in [0.25, 0.3) is 0 Å². The lowest BCUT2D eigenvalue weighted by molar-refractivity contribution is 0.240. The highest BCUT2D eigenvalue weighted by atomic mass is 16.2. The van der Waals surface area contributed by atoms with E-state index < -0.39 is 0 Å². The zero-order chi connectivity index (χ0) is 10.8. The van der Waals surface area contributed by atoms with Crippen LogP contribution in [-0.4, -0.2) is 12.0 Å². The maximum Gasteiger partial charge on any atom is 0.323 e. The number of aliphatic imine (C=N–C) groups is 1. The average molecular weight is 204 g/mol. The number of urea groups is 1. The zero-order valence-electron chi connectivity index (χ0n) is 8.32. The van der Waals surface area contributed by atoms with E-state index in [2.05, 4.69) is 15.6 Å². The van der Waals surface area contributed by atoms with Gasteiger partial charge in [-0.2, -0.15) is 0 Å². The third kappa shape index (κ3) is 2.07. The van der Waals surface area contributed by atoms with Crippen LogP contribution in [0.5, 0.6) is 0 Å². The first-order valence-electron chi connectivity index (χ1n) is 4.62. The van der Waals surface area contributed by atoms with Gasteiger partial charge in [-0.15, -0.1) is 0 Å². The van der Waals surface area contributed by atoms with Gasteiger partial charge in [0.15, 0.2) is 12.1 Å². The van der Waals surface area contributed by atoms with Crippen molar-refractivity contribution in [3.63, 3.8) is 0 Å². The molecule has 5 heteroatoms. The van der Waals surface area contributed by atoms with E-state index in [1.165, 1.54) is 0 Å². The summed E-state index contributed by atoms with van der Waals surface area (Å²) >= 11 is 0. The van der Waals surface area contributed by atoms with Crippen LogP contribution in [0.4, 0.5) is 4.79 Å². The Morgan fingerprint density at radius 2 is 2.00 bits per heavy atom. The molecule has 4 N–H and O–H groups in total. The summed E-state index contributed by atoms with van der Waals surface area (Å²) in [5.41, 5.74) is 7.54. The number of rotatable bonds is 1. The molecule has 1 aliphatic rings. The van der Waals surface area contributed by atoms with E-state index in [0.29, 0.717) is 0 Å². The Kier molecular flexibility index (Phi) is 2.29. The Balaban J connectivity index is 2.27. The van der Waals surface area contributed by atoms with E-state index in [1.54, 1.807) is 0 Å². The molecule has 0 unspecified atom stereocenters. The molecular formula is C10H12N4O. The second kappa shape index (κ2) is 3.61. The number of carbonyl (C=O) groups is 1. The summed E-state index contributed by atoms with van der Waals surface area (Å²) in [5.74, 6) is 0.143. The summed E-state index contributed by atoms with van der Waals surface area (Å²) in [6, 6.07) is 7.45. The van der Waals surface area contributed by atoms with Gasteiger partial charge in [-0.3, -0.25) is 5.32 Å². The lowest BCUT2D eigenvalue weighted by Gasteiger charge is -2.21. The van der Waals surface area contributed by atoms with Gasteiger partial charge in [-0.1, -0.05) is 29.8 Å². The molecule has 1 aromatic carbocycles. The van der Waals surface area contributed by atoms with Gasteiger partial charge in [0, 0.05) is 0 Å². The van der Waals surface area contributed by atoms with Crippen LogP contribution in [0.2, 0.25) is 0 Å². The van der Waals surface area contributed by atoms with Crippen molar-refractivity contribution in [2.24, 2.45) is 10.7 Å². The predicted molar refractivity (Wildman–Crippen MR) is 57.2 cm³/mol. The topological polar surface area (TPSA) is 79.5 Å². The SMILES string of the molecule is Cc1ccc([C@@H]2N=C(N)NC(=O)N2)cc1. The first kappa shape index (κ1) is 9.51. The number of aryl methyl sites for hydroxylation is 1. The van der Waals surface area contributed by atoms with Gasteiger partial charge in [-0.05, 0) is 12.5 Å². The van der Waals surface area contributed by atoms with E-state index in [9.17, 15) is 4.79 Å². The Bertz CT molecular complexity index is 410. The van der Waals surface area contributed by atoms with E-state index in [0.717, 1.165) is 11.1 Å². The summed E-state index contributed by atoms with van der Waals surface area (Å²) < 4.78 is 0. The number of hydrogen-bond donors (Lipinski definition) is 3. The van der Waals surface area contributed by atoms with Gasteiger partial charge >= 0.3 is 6.03 Å². The second-order valence-electron chi connectivity index (χ2n) is 3.43. The van der Waals surface area contributed by atoms with Crippen molar-refractivity contribution in [1.82, 2.24) is 10.6 Å². The van der Waals surface area contributed by atoms with Crippen molar-refractivity contribution in [2.45, 2.75) is 13.1 Å². The quantitative estimate of drug-likeness (QED) is 0.627. The fourth-order valence-electron chi connectivity index (χ4n) is 1.39. The third-order valence-electron chi connectivity index (χ3n) is 2.17. The summed E-state index contributed by atoms with van der Waals surface area (Å²) in [6.45, 7) is 2.00. The smallest absolute Gasteiger partial charge is 0.323 e. The lowest BCUT2D eigenvalue weighted by atomic mass is 10.1. The minimum Gasteiger partial charge on any atom is -0.370 e. The molecule has 0 bridgehead atoms. The highest BCUT2D eigenvalue weighted by Crippen LogP contribution is 2.16. The van der Waals surface area contributed by atoms with Crippen LogP contribution >= 0.6 is 0 Å². The first-order chi connectivity index (χ1) is 7.15. The van der Waals surface area contributed by atoms with Gasteiger partial charge < -0.3 is 11.1 Å². The minimum atomic E-state index is -0.389. The standard InChI is InChI=1S/C10H12N4O/c1-6-2-4-7(5-3-6)8-12-9(11)14-10(15)13-8/h2-5,8H,1H3,(H4,11,12,13,14,15)/t8-/m1/s1. The summed E-state index contributed by atoms with van der Waals surface area (Å²) in [7, 11) is 0. The minimum absolute atomic E-state index is 0.143. The molecule has 15 heavy (non-hydrogen) atoms. The molecule has 0 spiro atoms. The Morgan fingerprint density at radius 3 is 2.60 bits per heavy atom. The van der Waals surface area contributed by atoms with Gasteiger partial charge in [0.1, 0.15) is 0 Å².